The number of ether oxygens (including phenoxy) is 1. The second-order valence-corrected chi connectivity index (χ2v) is 8.36. The third-order valence-electron chi connectivity index (χ3n) is 4.73. The van der Waals surface area contributed by atoms with Crippen LogP contribution in [0, 0.1) is 5.92 Å². The van der Waals surface area contributed by atoms with E-state index < -0.39 is 12.0 Å². The van der Waals surface area contributed by atoms with E-state index in [4.69, 9.17) is 27.9 Å². The van der Waals surface area contributed by atoms with Gasteiger partial charge in [-0.3, -0.25) is 14.4 Å². The Morgan fingerprint density at radius 2 is 1.84 bits per heavy atom. The highest BCUT2D eigenvalue weighted by Gasteiger charge is 2.35. The van der Waals surface area contributed by atoms with Crippen LogP contribution in [-0.2, 0) is 14.4 Å². The first kappa shape index (κ1) is 23.8. The van der Waals surface area contributed by atoms with Gasteiger partial charge in [0.1, 0.15) is 5.75 Å². The Morgan fingerprint density at radius 1 is 1.19 bits per heavy atom. The molecule has 3 rings (SSSR count). The summed E-state index contributed by atoms with van der Waals surface area (Å²) in [6.45, 7) is 1.76. The third kappa shape index (κ3) is 6.59. The number of aliphatic hydroxyl groups is 1. The molecule has 3 N–H and O–H groups in total. The van der Waals surface area contributed by atoms with E-state index >= 15 is 0 Å². The van der Waals surface area contributed by atoms with Gasteiger partial charge in [0, 0.05) is 40.9 Å². The minimum atomic E-state index is -0.648. The van der Waals surface area contributed by atoms with Crippen molar-refractivity contribution in [3.63, 3.8) is 0 Å². The summed E-state index contributed by atoms with van der Waals surface area (Å²) in [4.78, 5) is 38.1. The summed E-state index contributed by atoms with van der Waals surface area (Å²) in [7, 11) is 0. The van der Waals surface area contributed by atoms with Crippen molar-refractivity contribution in [1.82, 2.24) is 5.32 Å². The first-order valence-corrected chi connectivity index (χ1v) is 10.7. The standard InChI is InChI=1S/C22H23Cl2N3O5/c1-13(28)10-25-22(31)14-6-21(30)27(11-14)18-2-4-19(5-3-18)32-12-20(29)26-17-8-15(23)7-16(24)9-17/h2-5,7-9,13-14,28H,6,10-12H2,1H3,(H,25,31)(H,26,29)/t13-,14-/m0/s1. The molecule has 170 valence electrons. The summed E-state index contributed by atoms with van der Waals surface area (Å²) in [6, 6.07) is 11.4. The molecule has 2 aromatic carbocycles. The number of amides is 3. The van der Waals surface area contributed by atoms with Gasteiger partial charge in [0.2, 0.25) is 11.8 Å². The van der Waals surface area contributed by atoms with Gasteiger partial charge in [-0.2, -0.15) is 0 Å². The molecule has 1 aliphatic heterocycles. The SMILES string of the molecule is C[C@H](O)CNC(=O)[C@H]1CC(=O)N(c2ccc(OCC(=O)Nc3cc(Cl)cc(Cl)c3)cc2)C1. The van der Waals surface area contributed by atoms with Crippen LogP contribution in [0.15, 0.2) is 42.5 Å². The molecule has 10 heteroatoms. The molecule has 0 radical (unpaired) electrons. The van der Waals surface area contributed by atoms with Crippen LogP contribution in [-0.4, -0.2) is 48.6 Å². The molecule has 0 aromatic heterocycles. The van der Waals surface area contributed by atoms with E-state index in [1.807, 2.05) is 0 Å². The fourth-order valence-electron chi connectivity index (χ4n) is 3.22. The Bertz CT molecular complexity index is 977. The molecule has 2 atom stereocenters. The Hall–Kier alpha value is -2.81. The van der Waals surface area contributed by atoms with E-state index in [1.54, 1.807) is 49.4 Å². The van der Waals surface area contributed by atoms with Crippen molar-refractivity contribution in [3.05, 3.63) is 52.5 Å². The lowest BCUT2D eigenvalue weighted by Gasteiger charge is -2.17. The molecule has 0 spiro atoms. The van der Waals surface area contributed by atoms with Gasteiger partial charge in [-0.25, -0.2) is 0 Å². The Morgan fingerprint density at radius 3 is 2.47 bits per heavy atom. The number of nitrogens with zero attached hydrogens (tertiary/aromatic N) is 1. The molecule has 1 aliphatic rings. The quantitative estimate of drug-likeness (QED) is 0.539. The minimum absolute atomic E-state index is 0.109. The Labute approximate surface area is 195 Å². The van der Waals surface area contributed by atoms with Crippen LogP contribution in [0.5, 0.6) is 5.75 Å². The molecule has 1 heterocycles. The van der Waals surface area contributed by atoms with Gasteiger partial charge in [0.05, 0.1) is 12.0 Å². The number of anilines is 2. The van der Waals surface area contributed by atoms with Crippen LogP contribution >= 0.6 is 23.2 Å². The maximum atomic E-state index is 12.3. The second kappa shape index (κ2) is 10.7. The summed E-state index contributed by atoms with van der Waals surface area (Å²) < 4.78 is 5.49. The van der Waals surface area contributed by atoms with Gasteiger partial charge in [-0.1, -0.05) is 23.2 Å². The average Bonchev–Trinajstić information content (AvgIpc) is 3.12. The highest BCUT2D eigenvalue weighted by atomic mass is 35.5. The number of carbonyl (C=O) groups is 3. The normalized spacial score (nSPS) is 16.6. The van der Waals surface area contributed by atoms with E-state index in [0.717, 1.165) is 0 Å². The first-order valence-electron chi connectivity index (χ1n) is 9.96. The molecule has 8 nitrogen and oxygen atoms in total. The average molecular weight is 480 g/mol. The van der Waals surface area contributed by atoms with Gasteiger partial charge >= 0.3 is 0 Å². The maximum Gasteiger partial charge on any atom is 0.262 e. The zero-order valence-electron chi connectivity index (χ0n) is 17.3. The predicted molar refractivity (Wildman–Crippen MR) is 122 cm³/mol. The monoisotopic (exact) mass is 479 g/mol. The number of carbonyl (C=O) groups excluding carboxylic acids is 3. The van der Waals surface area contributed by atoms with Crippen LogP contribution in [0.3, 0.4) is 0 Å². The van der Waals surface area contributed by atoms with Crippen molar-refractivity contribution >= 4 is 52.3 Å². The zero-order valence-corrected chi connectivity index (χ0v) is 18.8. The number of nitrogens with one attached hydrogen (secondary N) is 2. The van der Waals surface area contributed by atoms with Crippen molar-refractivity contribution < 1.29 is 24.2 Å². The van der Waals surface area contributed by atoms with Crippen molar-refractivity contribution in [3.8, 4) is 5.75 Å². The lowest BCUT2D eigenvalue weighted by atomic mass is 10.1. The molecule has 0 aliphatic carbocycles. The molecule has 3 amide bonds. The van der Waals surface area contributed by atoms with Crippen LogP contribution in [0.25, 0.3) is 0 Å². The van der Waals surface area contributed by atoms with E-state index in [2.05, 4.69) is 10.6 Å². The van der Waals surface area contributed by atoms with Gasteiger partial charge < -0.3 is 25.4 Å². The minimum Gasteiger partial charge on any atom is -0.484 e. The Kier molecular flexibility index (Phi) is 7.95. The van der Waals surface area contributed by atoms with Gasteiger partial charge in [0.15, 0.2) is 6.61 Å². The van der Waals surface area contributed by atoms with E-state index in [1.165, 1.54) is 4.90 Å². The number of hydrogen-bond donors (Lipinski definition) is 3. The Balaban J connectivity index is 1.52. The molecule has 0 unspecified atom stereocenters. The smallest absolute Gasteiger partial charge is 0.262 e. The molecule has 0 saturated carbocycles. The fourth-order valence-corrected chi connectivity index (χ4v) is 3.75. The highest BCUT2D eigenvalue weighted by Crippen LogP contribution is 2.27. The number of rotatable bonds is 8. The molecule has 2 aromatic rings. The largest absolute Gasteiger partial charge is 0.484 e. The maximum absolute atomic E-state index is 12.3. The number of benzene rings is 2. The van der Waals surface area contributed by atoms with Crippen molar-refractivity contribution in [2.24, 2.45) is 5.92 Å². The lowest BCUT2D eigenvalue weighted by molar-refractivity contribution is -0.126. The summed E-state index contributed by atoms with van der Waals surface area (Å²) in [5.74, 6) is -0.816. The highest BCUT2D eigenvalue weighted by molar-refractivity contribution is 6.35. The molecule has 0 bridgehead atoms. The van der Waals surface area contributed by atoms with E-state index in [9.17, 15) is 19.5 Å². The summed E-state index contributed by atoms with van der Waals surface area (Å²) in [5, 5.41) is 15.4. The van der Waals surface area contributed by atoms with Crippen LogP contribution in [0.1, 0.15) is 13.3 Å². The van der Waals surface area contributed by atoms with Crippen molar-refractivity contribution in [2.45, 2.75) is 19.4 Å². The number of aliphatic hydroxyl groups excluding tert-OH is 1. The summed E-state index contributed by atoms with van der Waals surface area (Å²) in [6.07, 6.45) is -0.539. The molecule has 1 saturated heterocycles. The number of halogens is 2. The van der Waals surface area contributed by atoms with Gasteiger partial charge in [-0.05, 0) is 49.4 Å². The van der Waals surface area contributed by atoms with Gasteiger partial charge in [0.25, 0.3) is 5.91 Å². The topological polar surface area (TPSA) is 108 Å². The van der Waals surface area contributed by atoms with Crippen molar-refractivity contribution in [1.29, 1.82) is 0 Å². The van der Waals surface area contributed by atoms with Crippen LogP contribution in [0.4, 0.5) is 11.4 Å². The summed E-state index contributed by atoms with van der Waals surface area (Å²) in [5.41, 5.74) is 1.09. The van der Waals surface area contributed by atoms with Crippen LogP contribution in [0.2, 0.25) is 10.0 Å². The second-order valence-electron chi connectivity index (χ2n) is 7.49. The van der Waals surface area contributed by atoms with Gasteiger partial charge in [-0.15, -0.1) is 0 Å². The fraction of sp³-hybridized carbons (Fsp3) is 0.318. The number of hydrogen-bond acceptors (Lipinski definition) is 5. The molecule has 1 fully saturated rings. The van der Waals surface area contributed by atoms with Crippen LogP contribution < -0.4 is 20.3 Å². The third-order valence-corrected chi connectivity index (χ3v) is 5.17. The van der Waals surface area contributed by atoms with Crippen molar-refractivity contribution in [2.75, 3.05) is 29.9 Å². The summed E-state index contributed by atoms with van der Waals surface area (Å²) >= 11 is 11.8. The first-order chi connectivity index (χ1) is 15.2. The molecule has 32 heavy (non-hydrogen) atoms. The molecular weight excluding hydrogens is 457 g/mol. The molecular formula is C22H23Cl2N3O5. The van der Waals surface area contributed by atoms with E-state index in [0.29, 0.717) is 27.2 Å². The van der Waals surface area contributed by atoms with E-state index in [-0.39, 0.29) is 43.8 Å². The zero-order chi connectivity index (χ0) is 23.3. The predicted octanol–water partition coefficient (Wildman–Crippen LogP) is 2.86. The lowest BCUT2D eigenvalue weighted by Crippen LogP contribution is -2.36.